The number of imidazole rings is 1. The van der Waals surface area contributed by atoms with Gasteiger partial charge in [-0.1, -0.05) is 12.1 Å². The molecule has 1 aromatic carbocycles. The monoisotopic (exact) mass is 443 g/mol. The van der Waals surface area contributed by atoms with Crippen molar-refractivity contribution in [1.29, 1.82) is 0 Å². The highest BCUT2D eigenvalue weighted by atomic mass is 127. The zero-order valence-corrected chi connectivity index (χ0v) is 16.7. The van der Waals surface area contributed by atoms with E-state index in [4.69, 9.17) is 4.74 Å². The lowest BCUT2D eigenvalue weighted by molar-refractivity contribution is 0.223. The van der Waals surface area contributed by atoms with Gasteiger partial charge in [-0.25, -0.2) is 4.98 Å². The number of hydrogen-bond donors (Lipinski definition) is 2. The highest BCUT2D eigenvalue weighted by molar-refractivity contribution is 14.0. The Balaban J connectivity index is 0.00000288. The van der Waals surface area contributed by atoms with Crippen molar-refractivity contribution in [3.05, 3.63) is 48.5 Å². The number of aliphatic imine (C=N–C) groups is 1. The predicted octanol–water partition coefficient (Wildman–Crippen LogP) is 2.44. The number of benzene rings is 1. The van der Waals surface area contributed by atoms with Crippen molar-refractivity contribution in [1.82, 2.24) is 20.2 Å². The largest absolute Gasteiger partial charge is 0.489 e. The smallest absolute Gasteiger partial charge is 0.191 e. The molecule has 1 atom stereocenters. The molecule has 2 N–H and O–H groups in total. The molecule has 1 heterocycles. The van der Waals surface area contributed by atoms with E-state index in [-0.39, 0.29) is 30.1 Å². The van der Waals surface area contributed by atoms with Crippen LogP contribution < -0.4 is 15.4 Å². The van der Waals surface area contributed by atoms with Crippen molar-refractivity contribution >= 4 is 29.9 Å². The van der Waals surface area contributed by atoms with E-state index in [0.29, 0.717) is 6.54 Å². The molecular formula is C17H26IN5O. The first-order valence-electron chi connectivity index (χ1n) is 7.81. The highest BCUT2D eigenvalue weighted by Crippen LogP contribution is 2.13. The Morgan fingerprint density at radius 2 is 2.21 bits per heavy atom. The van der Waals surface area contributed by atoms with Gasteiger partial charge >= 0.3 is 0 Å². The van der Waals surface area contributed by atoms with Crippen molar-refractivity contribution in [2.45, 2.75) is 26.5 Å². The summed E-state index contributed by atoms with van der Waals surface area (Å²) in [5, 5.41) is 6.54. The quantitative estimate of drug-likeness (QED) is 0.392. The second kappa shape index (κ2) is 10.9. The maximum atomic E-state index is 5.90. The fourth-order valence-electron chi connectivity index (χ4n) is 2.15. The van der Waals surface area contributed by atoms with Gasteiger partial charge in [0.1, 0.15) is 11.9 Å². The summed E-state index contributed by atoms with van der Waals surface area (Å²) >= 11 is 0. The normalized spacial score (nSPS) is 12.2. The number of ether oxygens (including phenoxy) is 1. The van der Waals surface area contributed by atoms with Crippen molar-refractivity contribution in [2.24, 2.45) is 4.99 Å². The molecule has 0 saturated carbocycles. The molecule has 0 aliphatic carbocycles. The summed E-state index contributed by atoms with van der Waals surface area (Å²) in [4.78, 5) is 8.23. The van der Waals surface area contributed by atoms with Crippen LogP contribution in [0.25, 0.3) is 0 Å². The van der Waals surface area contributed by atoms with Gasteiger partial charge < -0.3 is 19.9 Å². The molecule has 0 bridgehead atoms. The minimum Gasteiger partial charge on any atom is -0.489 e. The molecule has 0 aliphatic rings. The van der Waals surface area contributed by atoms with Crippen molar-refractivity contribution in [3.8, 4) is 5.75 Å². The zero-order chi connectivity index (χ0) is 16.5. The van der Waals surface area contributed by atoms with Crippen LogP contribution in [0.4, 0.5) is 0 Å². The Morgan fingerprint density at radius 3 is 2.88 bits per heavy atom. The summed E-state index contributed by atoms with van der Waals surface area (Å²) in [6.45, 7) is 6.40. The molecule has 2 rings (SSSR count). The molecule has 2 aromatic rings. The predicted molar refractivity (Wildman–Crippen MR) is 108 cm³/mol. The maximum absolute atomic E-state index is 5.90. The number of hydrogen-bond acceptors (Lipinski definition) is 3. The molecular weight excluding hydrogens is 417 g/mol. The van der Waals surface area contributed by atoms with Crippen LogP contribution in [0.1, 0.15) is 12.5 Å². The minimum absolute atomic E-state index is 0. The van der Waals surface area contributed by atoms with E-state index in [1.807, 2.05) is 35.9 Å². The molecule has 0 aliphatic heterocycles. The van der Waals surface area contributed by atoms with Gasteiger partial charge in [0, 0.05) is 32.5 Å². The lowest BCUT2D eigenvalue weighted by Crippen LogP contribution is -2.42. The number of halogens is 1. The number of guanidine groups is 1. The average Bonchev–Trinajstić information content (AvgIpc) is 3.04. The Labute approximate surface area is 160 Å². The molecule has 1 unspecified atom stereocenters. The third-order valence-corrected chi connectivity index (χ3v) is 3.33. The van der Waals surface area contributed by atoms with E-state index in [0.717, 1.165) is 24.8 Å². The Bertz CT molecular complexity index is 615. The van der Waals surface area contributed by atoms with Gasteiger partial charge in [-0.2, -0.15) is 0 Å². The molecule has 1 aromatic heterocycles. The Hall–Kier alpha value is -1.77. The van der Waals surface area contributed by atoms with E-state index in [1.54, 1.807) is 19.6 Å². The van der Waals surface area contributed by atoms with E-state index >= 15 is 0 Å². The lowest BCUT2D eigenvalue weighted by atomic mass is 10.2. The number of rotatable bonds is 7. The van der Waals surface area contributed by atoms with Crippen molar-refractivity contribution < 1.29 is 4.74 Å². The maximum Gasteiger partial charge on any atom is 0.191 e. The van der Waals surface area contributed by atoms with E-state index in [1.165, 1.54) is 5.56 Å². The first-order chi connectivity index (χ1) is 11.2. The summed E-state index contributed by atoms with van der Waals surface area (Å²) in [6, 6.07) is 8.07. The Kier molecular flexibility index (Phi) is 9.21. The number of aryl methyl sites for hydroxylation is 1. The van der Waals surface area contributed by atoms with Gasteiger partial charge in [-0.05, 0) is 31.5 Å². The molecule has 0 fully saturated rings. The third kappa shape index (κ3) is 7.20. The van der Waals surface area contributed by atoms with Gasteiger partial charge in [-0.3, -0.25) is 4.99 Å². The standard InChI is InChI=1S/C17H25N5O.HI/c1-14-5-4-6-16(11-14)23-15(2)12-21-17(18-3)20-8-10-22-9-7-19-13-22;/h4-7,9,11,13,15H,8,10,12H2,1-3H3,(H2,18,20,21);1H. The first kappa shape index (κ1) is 20.3. The molecule has 7 heteroatoms. The van der Waals surface area contributed by atoms with Crippen LogP contribution in [0.3, 0.4) is 0 Å². The molecule has 0 saturated heterocycles. The fourth-order valence-corrected chi connectivity index (χ4v) is 2.15. The number of aromatic nitrogens is 2. The van der Waals surface area contributed by atoms with Gasteiger partial charge in [0.25, 0.3) is 0 Å². The fraction of sp³-hybridized carbons (Fsp3) is 0.412. The Morgan fingerprint density at radius 1 is 1.38 bits per heavy atom. The summed E-state index contributed by atoms with van der Waals surface area (Å²) in [5.41, 5.74) is 1.19. The van der Waals surface area contributed by atoms with Crippen LogP contribution in [-0.2, 0) is 6.54 Å². The molecule has 0 radical (unpaired) electrons. The molecule has 132 valence electrons. The van der Waals surface area contributed by atoms with Crippen molar-refractivity contribution in [2.75, 3.05) is 20.1 Å². The van der Waals surface area contributed by atoms with Crippen LogP contribution in [-0.4, -0.2) is 41.8 Å². The van der Waals surface area contributed by atoms with Crippen LogP contribution in [0, 0.1) is 6.92 Å². The van der Waals surface area contributed by atoms with E-state index in [2.05, 4.69) is 33.6 Å². The zero-order valence-electron chi connectivity index (χ0n) is 14.4. The van der Waals surface area contributed by atoms with Crippen LogP contribution in [0.5, 0.6) is 5.75 Å². The topological polar surface area (TPSA) is 63.5 Å². The SMILES string of the molecule is CN=C(NCCn1ccnc1)NCC(C)Oc1cccc(C)c1.I. The molecule has 0 amide bonds. The van der Waals surface area contributed by atoms with Gasteiger partial charge in [0.15, 0.2) is 5.96 Å². The van der Waals surface area contributed by atoms with Crippen LogP contribution in [0.2, 0.25) is 0 Å². The van der Waals surface area contributed by atoms with E-state index in [9.17, 15) is 0 Å². The third-order valence-electron chi connectivity index (χ3n) is 3.33. The first-order valence-corrected chi connectivity index (χ1v) is 7.81. The molecule has 24 heavy (non-hydrogen) atoms. The summed E-state index contributed by atoms with van der Waals surface area (Å²) < 4.78 is 7.91. The number of nitrogens with one attached hydrogen (secondary N) is 2. The van der Waals surface area contributed by atoms with Gasteiger partial charge in [0.2, 0.25) is 0 Å². The van der Waals surface area contributed by atoms with Crippen LogP contribution in [0.15, 0.2) is 48.0 Å². The molecule has 6 nitrogen and oxygen atoms in total. The summed E-state index contributed by atoms with van der Waals surface area (Å²) in [7, 11) is 1.76. The van der Waals surface area contributed by atoms with E-state index < -0.39 is 0 Å². The highest BCUT2D eigenvalue weighted by Gasteiger charge is 2.05. The average molecular weight is 443 g/mol. The summed E-state index contributed by atoms with van der Waals surface area (Å²) in [6.07, 6.45) is 5.56. The number of nitrogens with zero attached hydrogens (tertiary/aromatic N) is 3. The van der Waals surface area contributed by atoms with Gasteiger partial charge in [-0.15, -0.1) is 24.0 Å². The van der Waals surface area contributed by atoms with Crippen LogP contribution >= 0.6 is 24.0 Å². The van der Waals surface area contributed by atoms with Gasteiger partial charge in [0.05, 0.1) is 12.9 Å². The second-order valence-electron chi connectivity index (χ2n) is 5.43. The lowest BCUT2D eigenvalue weighted by Gasteiger charge is -2.18. The molecule has 0 spiro atoms. The minimum atomic E-state index is 0. The van der Waals surface area contributed by atoms with Crippen molar-refractivity contribution in [3.63, 3.8) is 0 Å². The second-order valence-corrected chi connectivity index (χ2v) is 5.43. The summed E-state index contributed by atoms with van der Waals surface area (Å²) in [5.74, 6) is 1.66.